The van der Waals surface area contributed by atoms with Crippen molar-refractivity contribution in [1.29, 1.82) is 0 Å². The predicted molar refractivity (Wildman–Crippen MR) is 76.3 cm³/mol. The molecule has 0 fully saturated rings. The summed E-state index contributed by atoms with van der Waals surface area (Å²) in [7, 11) is 0. The van der Waals surface area contributed by atoms with Crippen LogP contribution in [0.3, 0.4) is 0 Å². The van der Waals surface area contributed by atoms with Crippen LogP contribution >= 0.6 is 0 Å². The van der Waals surface area contributed by atoms with Crippen LogP contribution in [0.15, 0.2) is 42.6 Å². The second kappa shape index (κ2) is 4.65. The zero-order valence-corrected chi connectivity index (χ0v) is 10.6. The van der Waals surface area contributed by atoms with Gasteiger partial charge in [-0.3, -0.25) is 5.10 Å². The van der Waals surface area contributed by atoms with E-state index in [1.807, 2.05) is 37.3 Å². The van der Waals surface area contributed by atoms with Crippen LogP contribution in [0.25, 0.3) is 10.9 Å². The predicted octanol–water partition coefficient (Wildman–Crippen LogP) is 3.19. The summed E-state index contributed by atoms with van der Waals surface area (Å²) in [6.45, 7) is 2.59. The van der Waals surface area contributed by atoms with Crippen LogP contribution in [-0.4, -0.2) is 15.3 Å². The highest BCUT2D eigenvalue weighted by molar-refractivity contribution is 5.89. The molecule has 0 radical (unpaired) electrons. The Morgan fingerprint density at radius 1 is 1.26 bits per heavy atom. The number of phenolic OH excluding ortho intramolecular Hbond substituents is 1. The molecular weight excluding hydrogens is 238 g/mol. The number of nitrogens with one attached hydrogen (secondary N) is 2. The number of hydrogen-bond donors (Lipinski definition) is 3. The summed E-state index contributed by atoms with van der Waals surface area (Å²) in [5.74, 6) is 0.315. The van der Waals surface area contributed by atoms with Gasteiger partial charge in [-0.05, 0) is 19.1 Å². The van der Waals surface area contributed by atoms with E-state index in [2.05, 4.69) is 15.5 Å². The van der Waals surface area contributed by atoms with Gasteiger partial charge in [0.15, 0.2) is 0 Å². The monoisotopic (exact) mass is 253 g/mol. The molecule has 96 valence electrons. The molecule has 0 saturated carbocycles. The van der Waals surface area contributed by atoms with E-state index < -0.39 is 0 Å². The number of para-hydroxylation sites is 1. The minimum atomic E-state index is 0.315. The molecule has 4 heteroatoms. The van der Waals surface area contributed by atoms with Gasteiger partial charge in [-0.15, -0.1) is 0 Å². The van der Waals surface area contributed by atoms with Crippen molar-refractivity contribution in [2.75, 3.05) is 5.32 Å². The number of H-pyrrole nitrogens is 1. The van der Waals surface area contributed by atoms with E-state index in [0.717, 1.165) is 27.7 Å². The standard InChI is InChI=1S/C15H15N3O/c1-10-5-6-14(19)12(7-10)8-16-13-4-2-3-11-9-17-18-15(11)13/h2-7,9,16,19H,8H2,1H3,(H,17,18). The summed E-state index contributed by atoms with van der Waals surface area (Å²) in [5, 5.41) is 21.2. The van der Waals surface area contributed by atoms with Crippen LogP contribution < -0.4 is 5.32 Å². The van der Waals surface area contributed by atoms with E-state index in [1.165, 1.54) is 0 Å². The third kappa shape index (κ3) is 2.25. The molecule has 0 aliphatic rings. The van der Waals surface area contributed by atoms with Crippen LogP contribution in [-0.2, 0) is 6.54 Å². The molecule has 0 aliphatic heterocycles. The van der Waals surface area contributed by atoms with Gasteiger partial charge in [-0.25, -0.2) is 0 Å². The van der Waals surface area contributed by atoms with Gasteiger partial charge < -0.3 is 10.4 Å². The first-order valence-electron chi connectivity index (χ1n) is 6.18. The number of aromatic hydroxyl groups is 1. The topological polar surface area (TPSA) is 60.9 Å². The Morgan fingerprint density at radius 3 is 3.05 bits per heavy atom. The lowest BCUT2D eigenvalue weighted by Crippen LogP contribution is -2.00. The SMILES string of the molecule is Cc1ccc(O)c(CNc2cccc3cn[nH]c23)c1. The summed E-state index contributed by atoms with van der Waals surface area (Å²) >= 11 is 0. The molecule has 0 saturated heterocycles. The molecular formula is C15H15N3O. The fourth-order valence-electron chi connectivity index (χ4n) is 2.16. The molecule has 0 spiro atoms. The fraction of sp³-hybridized carbons (Fsp3) is 0.133. The summed E-state index contributed by atoms with van der Waals surface area (Å²) in [5.41, 5.74) is 3.98. The Kier molecular flexibility index (Phi) is 2.83. The molecule has 2 aromatic carbocycles. The molecule has 1 heterocycles. The number of aromatic amines is 1. The molecule has 1 aromatic heterocycles. The third-order valence-electron chi connectivity index (χ3n) is 3.18. The van der Waals surface area contributed by atoms with Gasteiger partial charge in [-0.1, -0.05) is 29.8 Å². The van der Waals surface area contributed by atoms with Gasteiger partial charge in [0.05, 0.1) is 17.4 Å². The molecule has 0 amide bonds. The van der Waals surface area contributed by atoms with Crippen molar-refractivity contribution in [3.8, 4) is 5.75 Å². The number of fused-ring (bicyclic) bond motifs is 1. The van der Waals surface area contributed by atoms with E-state index in [-0.39, 0.29) is 0 Å². The summed E-state index contributed by atoms with van der Waals surface area (Å²) in [6.07, 6.45) is 1.80. The molecule has 0 unspecified atom stereocenters. The van der Waals surface area contributed by atoms with Crippen molar-refractivity contribution in [3.63, 3.8) is 0 Å². The number of hydrogen-bond acceptors (Lipinski definition) is 3. The van der Waals surface area contributed by atoms with E-state index in [0.29, 0.717) is 12.3 Å². The maximum absolute atomic E-state index is 9.83. The Balaban J connectivity index is 1.86. The summed E-state index contributed by atoms with van der Waals surface area (Å²) < 4.78 is 0. The average Bonchev–Trinajstić information content (AvgIpc) is 2.88. The zero-order valence-electron chi connectivity index (χ0n) is 10.6. The molecule has 0 atom stereocenters. The molecule has 3 N–H and O–H groups in total. The minimum Gasteiger partial charge on any atom is -0.508 e. The van der Waals surface area contributed by atoms with E-state index in [9.17, 15) is 5.11 Å². The maximum atomic E-state index is 9.83. The van der Waals surface area contributed by atoms with Crippen LogP contribution in [0, 0.1) is 6.92 Å². The number of phenols is 1. The first-order chi connectivity index (χ1) is 9.24. The second-order valence-corrected chi connectivity index (χ2v) is 4.63. The van der Waals surface area contributed by atoms with Crippen LogP contribution in [0.1, 0.15) is 11.1 Å². The largest absolute Gasteiger partial charge is 0.508 e. The van der Waals surface area contributed by atoms with Crippen LogP contribution in [0.2, 0.25) is 0 Å². The second-order valence-electron chi connectivity index (χ2n) is 4.63. The highest BCUT2D eigenvalue weighted by Gasteiger charge is 2.04. The van der Waals surface area contributed by atoms with Crippen molar-refractivity contribution in [2.45, 2.75) is 13.5 Å². The van der Waals surface area contributed by atoms with Crippen molar-refractivity contribution in [2.24, 2.45) is 0 Å². The molecule has 19 heavy (non-hydrogen) atoms. The Morgan fingerprint density at radius 2 is 2.16 bits per heavy atom. The quantitative estimate of drug-likeness (QED) is 0.671. The smallest absolute Gasteiger partial charge is 0.120 e. The van der Waals surface area contributed by atoms with E-state index in [1.54, 1.807) is 12.3 Å². The number of aryl methyl sites for hydroxylation is 1. The van der Waals surface area contributed by atoms with Crippen molar-refractivity contribution in [3.05, 3.63) is 53.7 Å². The number of rotatable bonds is 3. The highest BCUT2D eigenvalue weighted by atomic mass is 16.3. The normalized spacial score (nSPS) is 10.8. The summed E-state index contributed by atoms with van der Waals surface area (Å²) in [6, 6.07) is 11.6. The van der Waals surface area contributed by atoms with Gasteiger partial charge in [0.1, 0.15) is 5.75 Å². The summed E-state index contributed by atoms with van der Waals surface area (Å²) in [4.78, 5) is 0. The van der Waals surface area contributed by atoms with Gasteiger partial charge in [0.2, 0.25) is 0 Å². The lowest BCUT2D eigenvalue weighted by atomic mass is 10.1. The molecule has 3 aromatic rings. The van der Waals surface area contributed by atoms with Gasteiger partial charge in [0.25, 0.3) is 0 Å². The maximum Gasteiger partial charge on any atom is 0.120 e. The van der Waals surface area contributed by atoms with Crippen molar-refractivity contribution in [1.82, 2.24) is 10.2 Å². The van der Waals surface area contributed by atoms with E-state index in [4.69, 9.17) is 0 Å². The highest BCUT2D eigenvalue weighted by Crippen LogP contribution is 2.23. The fourth-order valence-corrected chi connectivity index (χ4v) is 2.16. The zero-order chi connectivity index (χ0) is 13.2. The number of anilines is 1. The van der Waals surface area contributed by atoms with Gasteiger partial charge in [-0.2, -0.15) is 5.10 Å². The van der Waals surface area contributed by atoms with E-state index >= 15 is 0 Å². The average molecular weight is 253 g/mol. The lowest BCUT2D eigenvalue weighted by Gasteiger charge is -2.09. The van der Waals surface area contributed by atoms with Crippen molar-refractivity contribution >= 4 is 16.6 Å². The lowest BCUT2D eigenvalue weighted by molar-refractivity contribution is 0.469. The van der Waals surface area contributed by atoms with Gasteiger partial charge in [0, 0.05) is 17.5 Å². The van der Waals surface area contributed by atoms with Crippen molar-refractivity contribution < 1.29 is 5.11 Å². The number of nitrogens with zero attached hydrogens (tertiary/aromatic N) is 1. The van der Waals surface area contributed by atoms with Gasteiger partial charge >= 0.3 is 0 Å². The Labute approximate surface area is 111 Å². The molecule has 4 nitrogen and oxygen atoms in total. The molecule has 0 bridgehead atoms. The minimum absolute atomic E-state index is 0.315. The molecule has 0 aliphatic carbocycles. The van der Waals surface area contributed by atoms with Crippen LogP contribution in [0.4, 0.5) is 5.69 Å². The number of aromatic nitrogens is 2. The van der Waals surface area contributed by atoms with Crippen LogP contribution in [0.5, 0.6) is 5.75 Å². The molecule has 3 rings (SSSR count). The third-order valence-corrected chi connectivity index (χ3v) is 3.18. The Hall–Kier alpha value is -2.49. The first kappa shape index (κ1) is 11.6. The first-order valence-corrected chi connectivity index (χ1v) is 6.18. The Bertz CT molecular complexity index is 718. The number of benzene rings is 2.